The summed E-state index contributed by atoms with van der Waals surface area (Å²) < 4.78 is 0. The highest BCUT2D eigenvalue weighted by atomic mass is 16.3. The molecule has 0 spiro atoms. The van der Waals surface area contributed by atoms with Crippen LogP contribution in [0.15, 0.2) is 30.3 Å². The Labute approximate surface area is 84.6 Å². The van der Waals surface area contributed by atoms with Crippen LogP contribution >= 0.6 is 0 Å². The fourth-order valence-electron chi connectivity index (χ4n) is 1.52. The molecule has 0 aromatic heterocycles. The summed E-state index contributed by atoms with van der Waals surface area (Å²) >= 11 is 0. The van der Waals surface area contributed by atoms with Crippen LogP contribution in [0.3, 0.4) is 0 Å². The molecule has 14 heavy (non-hydrogen) atoms. The summed E-state index contributed by atoms with van der Waals surface area (Å²) in [5.74, 6) is -0.235. The van der Waals surface area contributed by atoms with Crippen LogP contribution in [0.5, 0.6) is 0 Å². The molecule has 1 N–H and O–H groups in total. The second-order valence-electron chi connectivity index (χ2n) is 3.65. The zero-order valence-corrected chi connectivity index (χ0v) is 8.60. The summed E-state index contributed by atoms with van der Waals surface area (Å²) in [4.78, 5) is 11.2. The van der Waals surface area contributed by atoms with Gasteiger partial charge in [-0.15, -0.1) is 0 Å². The highest BCUT2D eigenvalue weighted by molar-refractivity contribution is 5.79. The maximum absolute atomic E-state index is 11.2. The molecule has 2 heteroatoms. The van der Waals surface area contributed by atoms with Gasteiger partial charge in [0.1, 0.15) is 5.78 Å². The molecule has 0 radical (unpaired) electrons. The van der Waals surface area contributed by atoms with Crippen LogP contribution < -0.4 is 0 Å². The summed E-state index contributed by atoms with van der Waals surface area (Å²) in [6.45, 7) is 3.19. The third kappa shape index (κ3) is 2.96. The van der Waals surface area contributed by atoms with E-state index >= 15 is 0 Å². The summed E-state index contributed by atoms with van der Waals surface area (Å²) in [6.07, 6.45) is 0.0427. The quantitative estimate of drug-likeness (QED) is 0.790. The first-order valence-electron chi connectivity index (χ1n) is 4.83. The molecule has 1 rings (SSSR count). The SMILES string of the molecule is CC(=O)[C@H](Cc1ccccc1)[C@@H](C)O. The maximum Gasteiger partial charge on any atom is 0.135 e. The van der Waals surface area contributed by atoms with Gasteiger partial charge < -0.3 is 5.11 Å². The number of benzene rings is 1. The van der Waals surface area contributed by atoms with Crippen LogP contribution in [0.25, 0.3) is 0 Å². The summed E-state index contributed by atoms with van der Waals surface area (Å²) in [5.41, 5.74) is 1.09. The van der Waals surface area contributed by atoms with Crippen molar-refractivity contribution in [1.82, 2.24) is 0 Å². The topological polar surface area (TPSA) is 37.3 Å². The average Bonchev–Trinajstić information content (AvgIpc) is 2.15. The monoisotopic (exact) mass is 192 g/mol. The molecule has 0 aliphatic rings. The minimum atomic E-state index is -0.576. The Hall–Kier alpha value is -1.15. The van der Waals surface area contributed by atoms with Gasteiger partial charge in [0, 0.05) is 5.92 Å². The van der Waals surface area contributed by atoms with Gasteiger partial charge in [-0.2, -0.15) is 0 Å². The summed E-state index contributed by atoms with van der Waals surface area (Å²) in [6, 6.07) is 9.76. The van der Waals surface area contributed by atoms with E-state index < -0.39 is 6.10 Å². The predicted molar refractivity (Wildman–Crippen MR) is 56.0 cm³/mol. The van der Waals surface area contributed by atoms with E-state index in [1.165, 1.54) is 6.92 Å². The third-order valence-electron chi connectivity index (χ3n) is 2.40. The largest absolute Gasteiger partial charge is 0.393 e. The lowest BCUT2D eigenvalue weighted by atomic mass is 9.92. The number of hydrogen-bond donors (Lipinski definition) is 1. The van der Waals surface area contributed by atoms with Crippen molar-refractivity contribution < 1.29 is 9.90 Å². The van der Waals surface area contributed by atoms with Crippen molar-refractivity contribution in [1.29, 1.82) is 0 Å². The van der Waals surface area contributed by atoms with Gasteiger partial charge in [-0.25, -0.2) is 0 Å². The maximum atomic E-state index is 11.2. The minimum Gasteiger partial charge on any atom is -0.393 e. The molecule has 76 valence electrons. The Morgan fingerprint density at radius 1 is 1.36 bits per heavy atom. The fraction of sp³-hybridized carbons (Fsp3) is 0.417. The van der Waals surface area contributed by atoms with Gasteiger partial charge in [0.05, 0.1) is 6.10 Å². The molecule has 0 aliphatic carbocycles. The minimum absolute atomic E-state index is 0.0452. The van der Waals surface area contributed by atoms with E-state index in [2.05, 4.69) is 0 Å². The van der Waals surface area contributed by atoms with Crippen molar-refractivity contribution in [2.75, 3.05) is 0 Å². The molecule has 1 aromatic carbocycles. The molecule has 0 bridgehead atoms. The van der Waals surface area contributed by atoms with Crippen LogP contribution in [0.1, 0.15) is 19.4 Å². The molecule has 2 atom stereocenters. The second-order valence-corrected chi connectivity index (χ2v) is 3.65. The number of ketones is 1. The molecular formula is C12H16O2. The van der Waals surface area contributed by atoms with Crippen molar-refractivity contribution in [2.45, 2.75) is 26.4 Å². The number of hydrogen-bond acceptors (Lipinski definition) is 2. The Morgan fingerprint density at radius 3 is 2.36 bits per heavy atom. The molecule has 0 unspecified atom stereocenters. The zero-order chi connectivity index (χ0) is 10.6. The normalized spacial score (nSPS) is 14.8. The van der Waals surface area contributed by atoms with Crippen LogP contribution in [-0.4, -0.2) is 17.0 Å². The first-order chi connectivity index (χ1) is 6.61. The van der Waals surface area contributed by atoms with E-state index in [9.17, 15) is 9.90 Å². The standard InChI is InChI=1S/C12H16O2/c1-9(13)12(10(2)14)8-11-6-4-3-5-7-11/h3-7,9,12-13H,8H2,1-2H3/t9-,12-/m1/s1. The zero-order valence-electron chi connectivity index (χ0n) is 8.60. The Balaban J connectivity index is 2.70. The van der Waals surface area contributed by atoms with Crippen LogP contribution in [-0.2, 0) is 11.2 Å². The van der Waals surface area contributed by atoms with Crippen molar-refractivity contribution in [3.05, 3.63) is 35.9 Å². The highest BCUT2D eigenvalue weighted by Gasteiger charge is 2.19. The molecule has 0 saturated heterocycles. The van der Waals surface area contributed by atoms with E-state index in [-0.39, 0.29) is 11.7 Å². The lowest BCUT2D eigenvalue weighted by Gasteiger charge is -2.16. The van der Waals surface area contributed by atoms with E-state index in [0.29, 0.717) is 6.42 Å². The Bertz CT molecular complexity index is 290. The van der Waals surface area contributed by atoms with Gasteiger partial charge in [0.25, 0.3) is 0 Å². The van der Waals surface area contributed by atoms with E-state index in [0.717, 1.165) is 5.56 Å². The molecule has 0 heterocycles. The fourth-order valence-corrected chi connectivity index (χ4v) is 1.52. The Morgan fingerprint density at radius 2 is 1.93 bits per heavy atom. The van der Waals surface area contributed by atoms with Crippen molar-refractivity contribution in [3.63, 3.8) is 0 Å². The van der Waals surface area contributed by atoms with E-state index in [4.69, 9.17) is 0 Å². The van der Waals surface area contributed by atoms with Gasteiger partial charge in [-0.05, 0) is 25.8 Å². The van der Waals surface area contributed by atoms with Gasteiger partial charge >= 0.3 is 0 Å². The number of carbonyl (C=O) groups excluding carboxylic acids is 1. The van der Waals surface area contributed by atoms with Gasteiger partial charge in [0.2, 0.25) is 0 Å². The molecule has 0 amide bonds. The molecule has 2 nitrogen and oxygen atoms in total. The molecular weight excluding hydrogens is 176 g/mol. The van der Waals surface area contributed by atoms with Gasteiger partial charge in [0.15, 0.2) is 0 Å². The second kappa shape index (κ2) is 4.91. The van der Waals surface area contributed by atoms with Crippen LogP contribution in [0.4, 0.5) is 0 Å². The summed E-state index contributed by atoms with van der Waals surface area (Å²) in [5, 5.41) is 9.42. The van der Waals surface area contributed by atoms with E-state index in [1.54, 1.807) is 6.92 Å². The van der Waals surface area contributed by atoms with Crippen LogP contribution in [0.2, 0.25) is 0 Å². The highest BCUT2D eigenvalue weighted by Crippen LogP contribution is 2.13. The molecule has 0 aliphatic heterocycles. The van der Waals surface area contributed by atoms with Crippen molar-refractivity contribution in [3.8, 4) is 0 Å². The molecule has 0 saturated carbocycles. The molecule has 1 aromatic rings. The predicted octanol–water partition coefficient (Wildman–Crippen LogP) is 1.82. The smallest absolute Gasteiger partial charge is 0.135 e. The lowest BCUT2D eigenvalue weighted by Crippen LogP contribution is -2.26. The number of aliphatic hydroxyl groups excluding tert-OH is 1. The van der Waals surface area contributed by atoms with Crippen LogP contribution in [0, 0.1) is 5.92 Å². The number of Topliss-reactive ketones (excluding diaryl/α,β-unsaturated/α-hetero) is 1. The number of aliphatic hydroxyl groups is 1. The summed E-state index contributed by atoms with van der Waals surface area (Å²) in [7, 11) is 0. The number of rotatable bonds is 4. The van der Waals surface area contributed by atoms with E-state index in [1.807, 2.05) is 30.3 Å². The molecule has 0 fully saturated rings. The third-order valence-corrected chi connectivity index (χ3v) is 2.40. The first kappa shape index (κ1) is 10.9. The number of carbonyl (C=O) groups is 1. The average molecular weight is 192 g/mol. The van der Waals surface area contributed by atoms with Gasteiger partial charge in [-0.3, -0.25) is 4.79 Å². The van der Waals surface area contributed by atoms with Crippen molar-refractivity contribution >= 4 is 5.78 Å². The first-order valence-corrected chi connectivity index (χ1v) is 4.83. The Kier molecular flexibility index (Phi) is 3.84. The lowest BCUT2D eigenvalue weighted by molar-refractivity contribution is -0.123. The van der Waals surface area contributed by atoms with Crippen molar-refractivity contribution in [2.24, 2.45) is 5.92 Å². The van der Waals surface area contributed by atoms with Gasteiger partial charge in [-0.1, -0.05) is 30.3 Å².